The normalized spacial score (nSPS) is 12.5. The Hall–Kier alpha value is -1.19. The topological polar surface area (TPSA) is 26.0 Å². The molecule has 2 aromatic rings. The zero-order chi connectivity index (χ0) is 14.2. The third-order valence-electron chi connectivity index (χ3n) is 3.36. The molecule has 2 rings (SSSR count). The van der Waals surface area contributed by atoms with Crippen molar-refractivity contribution in [3.8, 4) is 0 Å². The van der Waals surface area contributed by atoms with Crippen LogP contribution >= 0.6 is 15.9 Å². The Labute approximate surface area is 121 Å². The van der Waals surface area contributed by atoms with Gasteiger partial charge in [0.1, 0.15) is 5.82 Å². The van der Waals surface area contributed by atoms with E-state index in [9.17, 15) is 4.39 Å². The predicted octanol–water partition coefficient (Wildman–Crippen LogP) is 4.56. The molecule has 19 heavy (non-hydrogen) atoms. The first-order valence-corrected chi connectivity index (χ1v) is 6.97. The number of aryl methyl sites for hydroxylation is 3. The highest BCUT2D eigenvalue weighted by molar-refractivity contribution is 9.10. The SMILES string of the molecule is Cc1cc(C(N)c2cc(C)c(Br)c(C)c2)ccc1F. The molecule has 0 aliphatic carbocycles. The van der Waals surface area contributed by atoms with Crippen LogP contribution in [0, 0.1) is 26.6 Å². The lowest BCUT2D eigenvalue weighted by Gasteiger charge is -2.16. The Morgan fingerprint density at radius 2 is 1.47 bits per heavy atom. The van der Waals surface area contributed by atoms with Gasteiger partial charge in [-0.05, 0) is 54.7 Å². The first-order valence-electron chi connectivity index (χ1n) is 6.18. The van der Waals surface area contributed by atoms with E-state index in [-0.39, 0.29) is 11.9 Å². The molecule has 0 radical (unpaired) electrons. The summed E-state index contributed by atoms with van der Waals surface area (Å²) in [5, 5.41) is 0. The van der Waals surface area contributed by atoms with Crippen LogP contribution in [0.25, 0.3) is 0 Å². The quantitative estimate of drug-likeness (QED) is 0.862. The van der Waals surface area contributed by atoms with E-state index in [4.69, 9.17) is 5.73 Å². The zero-order valence-corrected chi connectivity index (χ0v) is 12.9. The summed E-state index contributed by atoms with van der Waals surface area (Å²) in [6, 6.07) is 8.95. The van der Waals surface area contributed by atoms with Gasteiger partial charge < -0.3 is 5.73 Å². The maximum atomic E-state index is 13.3. The van der Waals surface area contributed by atoms with Crippen molar-refractivity contribution in [1.29, 1.82) is 0 Å². The Morgan fingerprint density at radius 1 is 0.947 bits per heavy atom. The molecule has 0 fully saturated rings. The van der Waals surface area contributed by atoms with Gasteiger partial charge in [-0.1, -0.05) is 40.2 Å². The van der Waals surface area contributed by atoms with E-state index < -0.39 is 0 Å². The summed E-state index contributed by atoms with van der Waals surface area (Å²) >= 11 is 3.55. The van der Waals surface area contributed by atoms with Crippen molar-refractivity contribution in [2.24, 2.45) is 5.73 Å². The van der Waals surface area contributed by atoms with Crippen molar-refractivity contribution < 1.29 is 4.39 Å². The van der Waals surface area contributed by atoms with Crippen LogP contribution in [0.5, 0.6) is 0 Å². The summed E-state index contributed by atoms with van der Waals surface area (Å²) in [6.07, 6.45) is 0. The highest BCUT2D eigenvalue weighted by atomic mass is 79.9. The van der Waals surface area contributed by atoms with Gasteiger partial charge in [0.15, 0.2) is 0 Å². The fraction of sp³-hybridized carbons (Fsp3) is 0.250. The fourth-order valence-electron chi connectivity index (χ4n) is 2.21. The first kappa shape index (κ1) is 14.2. The number of benzene rings is 2. The average molecular weight is 322 g/mol. The second-order valence-electron chi connectivity index (χ2n) is 4.95. The molecule has 3 heteroatoms. The summed E-state index contributed by atoms with van der Waals surface area (Å²) in [5.74, 6) is -0.195. The third kappa shape index (κ3) is 2.88. The van der Waals surface area contributed by atoms with Crippen molar-refractivity contribution in [2.75, 3.05) is 0 Å². The van der Waals surface area contributed by atoms with E-state index in [0.29, 0.717) is 5.56 Å². The lowest BCUT2D eigenvalue weighted by molar-refractivity contribution is 0.617. The van der Waals surface area contributed by atoms with Crippen molar-refractivity contribution >= 4 is 15.9 Å². The standard InChI is InChI=1S/C16H17BrFN/c1-9-6-12(4-5-14(9)18)16(19)13-7-10(2)15(17)11(3)8-13/h4-8,16H,19H2,1-3H3. The van der Waals surface area contributed by atoms with Gasteiger partial charge in [-0.3, -0.25) is 0 Å². The van der Waals surface area contributed by atoms with Crippen LogP contribution in [0.2, 0.25) is 0 Å². The molecule has 0 aromatic heterocycles. The van der Waals surface area contributed by atoms with Crippen LogP contribution in [0.4, 0.5) is 4.39 Å². The second kappa shape index (κ2) is 5.43. The van der Waals surface area contributed by atoms with Crippen molar-refractivity contribution in [1.82, 2.24) is 0 Å². The van der Waals surface area contributed by atoms with Gasteiger partial charge >= 0.3 is 0 Å². The smallest absolute Gasteiger partial charge is 0.126 e. The molecule has 2 aromatic carbocycles. The molecule has 1 atom stereocenters. The van der Waals surface area contributed by atoms with Crippen molar-refractivity contribution in [3.05, 3.63) is 68.4 Å². The molecule has 100 valence electrons. The summed E-state index contributed by atoms with van der Waals surface area (Å²) in [4.78, 5) is 0. The lowest BCUT2D eigenvalue weighted by atomic mass is 9.95. The van der Waals surface area contributed by atoms with Crippen LogP contribution in [0.3, 0.4) is 0 Å². The summed E-state index contributed by atoms with van der Waals surface area (Å²) in [5.41, 5.74) is 11.2. The Kier molecular flexibility index (Phi) is 4.07. The molecular weight excluding hydrogens is 305 g/mol. The second-order valence-corrected chi connectivity index (χ2v) is 5.75. The van der Waals surface area contributed by atoms with Crippen molar-refractivity contribution in [3.63, 3.8) is 0 Å². The number of nitrogens with two attached hydrogens (primary N) is 1. The number of hydrogen-bond acceptors (Lipinski definition) is 1. The summed E-state index contributed by atoms with van der Waals surface area (Å²) in [6.45, 7) is 5.84. The van der Waals surface area contributed by atoms with Gasteiger partial charge in [0.2, 0.25) is 0 Å². The minimum Gasteiger partial charge on any atom is -0.320 e. The van der Waals surface area contributed by atoms with Crippen LogP contribution < -0.4 is 5.73 Å². The zero-order valence-electron chi connectivity index (χ0n) is 11.3. The number of hydrogen-bond donors (Lipinski definition) is 1. The highest BCUT2D eigenvalue weighted by Gasteiger charge is 2.12. The van der Waals surface area contributed by atoms with Gasteiger partial charge in [0.05, 0.1) is 6.04 Å². The molecule has 0 saturated heterocycles. The predicted molar refractivity (Wildman–Crippen MR) is 80.8 cm³/mol. The Balaban J connectivity index is 2.43. The van der Waals surface area contributed by atoms with Gasteiger partial charge in [-0.15, -0.1) is 0 Å². The molecule has 0 amide bonds. The molecule has 0 heterocycles. The molecule has 0 aliphatic rings. The summed E-state index contributed by atoms with van der Waals surface area (Å²) in [7, 11) is 0. The highest BCUT2D eigenvalue weighted by Crippen LogP contribution is 2.28. The van der Waals surface area contributed by atoms with Crippen molar-refractivity contribution in [2.45, 2.75) is 26.8 Å². The monoisotopic (exact) mass is 321 g/mol. The largest absolute Gasteiger partial charge is 0.320 e. The maximum absolute atomic E-state index is 13.3. The van der Waals surface area contributed by atoms with Gasteiger partial charge in [-0.25, -0.2) is 4.39 Å². The molecular formula is C16H17BrFN. The van der Waals surface area contributed by atoms with Crippen LogP contribution in [0.15, 0.2) is 34.8 Å². The van der Waals surface area contributed by atoms with E-state index in [2.05, 4.69) is 28.1 Å². The molecule has 0 bridgehead atoms. The Bertz CT molecular complexity index is 599. The van der Waals surface area contributed by atoms with Crippen LogP contribution in [-0.2, 0) is 0 Å². The van der Waals surface area contributed by atoms with Crippen LogP contribution in [-0.4, -0.2) is 0 Å². The molecule has 0 aliphatic heterocycles. The first-order chi connectivity index (χ1) is 8.90. The third-order valence-corrected chi connectivity index (χ3v) is 4.61. The fourth-order valence-corrected chi connectivity index (χ4v) is 2.44. The lowest BCUT2D eigenvalue weighted by Crippen LogP contribution is -2.13. The van der Waals surface area contributed by atoms with Gasteiger partial charge in [-0.2, -0.15) is 0 Å². The Morgan fingerprint density at radius 3 is 2.00 bits per heavy atom. The van der Waals surface area contributed by atoms with E-state index in [0.717, 1.165) is 26.7 Å². The van der Waals surface area contributed by atoms with E-state index in [1.54, 1.807) is 13.0 Å². The minimum absolute atomic E-state index is 0.195. The molecule has 1 nitrogen and oxygen atoms in total. The van der Waals surface area contributed by atoms with Crippen LogP contribution in [0.1, 0.15) is 33.9 Å². The van der Waals surface area contributed by atoms with Gasteiger partial charge in [0, 0.05) is 4.47 Å². The molecule has 1 unspecified atom stereocenters. The molecule has 2 N–H and O–H groups in total. The van der Waals surface area contributed by atoms with E-state index >= 15 is 0 Å². The number of rotatable bonds is 2. The average Bonchev–Trinajstić information content (AvgIpc) is 2.37. The van der Waals surface area contributed by atoms with Gasteiger partial charge in [0.25, 0.3) is 0 Å². The molecule has 0 saturated carbocycles. The summed E-state index contributed by atoms with van der Waals surface area (Å²) < 4.78 is 14.4. The van der Waals surface area contributed by atoms with E-state index in [1.807, 2.05) is 19.9 Å². The number of halogens is 2. The van der Waals surface area contributed by atoms with E-state index in [1.165, 1.54) is 6.07 Å². The molecule has 0 spiro atoms. The maximum Gasteiger partial charge on any atom is 0.126 e. The minimum atomic E-state index is -0.232.